The minimum Gasteiger partial charge on any atom is -0.323 e. The highest BCUT2D eigenvalue weighted by Crippen LogP contribution is 2.44. The molecule has 1 fully saturated rings. The Kier molecular flexibility index (Phi) is 2.26. The van der Waals surface area contributed by atoms with Gasteiger partial charge in [0, 0.05) is 6.04 Å². The van der Waals surface area contributed by atoms with Gasteiger partial charge in [-0.2, -0.15) is 0 Å². The van der Waals surface area contributed by atoms with Crippen molar-refractivity contribution in [1.82, 2.24) is 9.55 Å². The van der Waals surface area contributed by atoms with E-state index in [1.807, 2.05) is 11.4 Å². The zero-order chi connectivity index (χ0) is 11.3. The molecule has 0 aliphatic heterocycles. The number of nitrogens with one attached hydrogen (secondary N) is 1. The van der Waals surface area contributed by atoms with Gasteiger partial charge in [0.15, 0.2) is 4.77 Å². The highest BCUT2D eigenvalue weighted by Gasteiger charge is 2.38. The number of hydrogen-bond donors (Lipinski definition) is 1. The molecular weight excluding hydrogens is 240 g/mol. The molecule has 0 saturated heterocycles. The van der Waals surface area contributed by atoms with Crippen LogP contribution in [-0.2, 0) is 0 Å². The van der Waals surface area contributed by atoms with Gasteiger partial charge in [-0.1, -0.05) is 13.3 Å². The van der Waals surface area contributed by atoms with Crippen LogP contribution in [0.2, 0.25) is 0 Å². The Balaban J connectivity index is 2.25. The Morgan fingerprint density at radius 1 is 1.69 bits per heavy atom. The van der Waals surface area contributed by atoms with Gasteiger partial charge in [-0.15, -0.1) is 11.3 Å². The first-order chi connectivity index (χ1) is 7.72. The molecule has 0 spiro atoms. The van der Waals surface area contributed by atoms with Crippen molar-refractivity contribution in [2.45, 2.75) is 25.8 Å². The molecule has 2 aromatic heterocycles. The van der Waals surface area contributed by atoms with E-state index in [9.17, 15) is 4.79 Å². The van der Waals surface area contributed by atoms with Crippen molar-refractivity contribution in [3.8, 4) is 0 Å². The monoisotopic (exact) mass is 252 g/mol. The molecule has 2 unspecified atom stereocenters. The van der Waals surface area contributed by atoms with E-state index >= 15 is 0 Å². The predicted octanol–water partition coefficient (Wildman–Crippen LogP) is 3.09. The van der Waals surface area contributed by atoms with Gasteiger partial charge in [0.25, 0.3) is 5.56 Å². The second-order valence-electron chi connectivity index (χ2n) is 4.24. The van der Waals surface area contributed by atoms with Crippen molar-refractivity contribution in [3.05, 3.63) is 26.6 Å². The lowest BCUT2D eigenvalue weighted by Crippen LogP contribution is -2.21. The lowest BCUT2D eigenvalue weighted by molar-refractivity contribution is 0.610. The molecule has 0 aromatic carbocycles. The summed E-state index contributed by atoms with van der Waals surface area (Å²) in [4.78, 5) is 16.3. The minimum atomic E-state index is 0.0703. The van der Waals surface area contributed by atoms with Crippen LogP contribution in [0.1, 0.15) is 25.8 Å². The topological polar surface area (TPSA) is 37.8 Å². The highest BCUT2D eigenvalue weighted by molar-refractivity contribution is 7.71. The van der Waals surface area contributed by atoms with Crippen LogP contribution in [0.3, 0.4) is 0 Å². The Morgan fingerprint density at radius 2 is 2.50 bits per heavy atom. The van der Waals surface area contributed by atoms with Crippen molar-refractivity contribution in [1.29, 1.82) is 0 Å². The van der Waals surface area contributed by atoms with E-state index in [1.165, 1.54) is 11.3 Å². The van der Waals surface area contributed by atoms with Crippen molar-refractivity contribution in [3.63, 3.8) is 0 Å². The van der Waals surface area contributed by atoms with E-state index < -0.39 is 0 Å². The Hall–Kier alpha value is -0.940. The van der Waals surface area contributed by atoms with Crippen molar-refractivity contribution in [2.75, 3.05) is 0 Å². The van der Waals surface area contributed by atoms with Gasteiger partial charge in [-0.05, 0) is 36.0 Å². The standard InChI is InChI=1S/C11H12N2OS2/c1-2-6-5-8(6)13-10(14)7-3-4-16-9(7)12-11(13)15/h3-4,6,8H,2,5H2,1H3,(H,12,15). The summed E-state index contributed by atoms with van der Waals surface area (Å²) >= 11 is 6.79. The molecule has 3 nitrogen and oxygen atoms in total. The smallest absolute Gasteiger partial charge is 0.263 e. The maximum absolute atomic E-state index is 12.2. The lowest BCUT2D eigenvalue weighted by atomic mass is 10.3. The largest absolute Gasteiger partial charge is 0.323 e. The van der Waals surface area contributed by atoms with Crippen LogP contribution >= 0.6 is 23.6 Å². The third kappa shape index (κ3) is 1.38. The predicted molar refractivity (Wildman–Crippen MR) is 68.7 cm³/mol. The summed E-state index contributed by atoms with van der Waals surface area (Å²) in [6.45, 7) is 2.16. The minimum absolute atomic E-state index is 0.0703. The first kappa shape index (κ1) is 10.2. The molecular formula is C11H12N2OS2. The maximum Gasteiger partial charge on any atom is 0.263 e. The number of H-pyrrole nitrogens is 1. The number of aromatic nitrogens is 2. The summed E-state index contributed by atoms with van der Waals surface area (Å²) < 4.78 is 2.33. The SMILES string of the molecule is CCC1CC1n1c(=S)[nH]c2sccc2c1=O. The van der Waals surface area contributed by atoms with Crippen molar-refractivity contribution >= 4 is 33.8 Å². The molecule has 3 rings (SSSR count). The molecule has 0 bridgehead atoms. The fraction of sp³-hybridized carbons (Fsp3) is 0.455. The van der Waals surface area contributed by atoms with Crippen LogP contribution in [0.15, 0.2) is 16.2 Å². The van der Waals surface area contributed by atoms with E-state index in [-0.39, 0.29) is 5.56 Å². The van der Waals surface area contributed by atoms with Gasteiger partial charge in [0.05, 0.1) is 5.39 Å². The molecule has 1 aliphatic carbocycles. The van der Waals surface area contributed by atoms with Crippen LogP contribution < -0.4 is 5.56 Å². The second kappa shape index (κ2) is 3.53. The molecule has 84 valence electrons. The van der Waals surface area contributed by atoms with Crippen LogP contribution in [0.4, 0.5) is 0 Å². The van der Waals surface area contributed by atoms with E-state index in [0.29, 0.717) is 16.7 Å². The van der Waals surface area contributed by atoms with Crippen LogP contribution in [0, 0.1) is 10.7 Å². The number of hydrogen-bond acceptors (Lipinski definition) is 3. The van der Waals surface area contributed by atoms with Gasteiger partial charge < -0.3 is 4.98 Å². The summed E-state index contributed by atoms with van der Waals surface area (Å²) in [5, 5.41) is 2.69. The van der Waals surface area contributed by atoms with Crippen LogP contribution in [0.5, 0.6) is 0 Å². The lowest BCUT2D eigenvalue weighted by Gasteiger charge is -2.04. The number of thiophene rings is 1. The van der Waals surface area contributed by atoms with Gasteiger partial charge in [0.2, 0.25) is 0 Å². The first-order valence-electron chi connectivity index (χ1n) is 5.44. The molecule has 1 aliphatic rings. The highest BCUT2D eigenvalue weighted by atomic mass is 32.1. The van der Waals surface area contributed by atoms with Gasteiger partial charge in [-0.3, -0.25) is 9.36 Å². The van der Waals surface area contributed by atoms with E-state index in [2.05, 4.69) is 11.9 Å². The fourth-order valence-corrected chi connectivity index (χ4v) is 3.40. The fourth-order valence-electron chi connectivity index (χ4n) is 2.24. The van der Waals surface area contributed by atoms with Gasteiger partial charge >= 0.3 is 0 Å². The average molecular weight is 252 g/mol. The first-order valence-corrected chi connectivity index (χ1v) is 6.73. The molecule has 0 amide bonds. The Morgan fingerprint density at radius 3 is 3.19 bits per heavy atom. The zero-order valence-corrected chi connectivity index (χ0v) is 10.5. The average Bonchev–Trinajstić information content (AvgIpc) is 2.87. The number of nitrogens with zero attached hydrogens (tertiary/aromatic N) is 1. The molecule has 1 N–H and O–H groups in total. The summed E-state index contributed by atoms with van der Waals surface area (Å²) in [5.41, 5.74) is 0.0703. The van der Waals surface area contributed by atoms with Crippen molar-refractivity contribution < 1.29 is 0 Å². The summed E-state index contributed by atoms with van der Waals surface area (Å²) in [7, 11) is 0. The molecule has 5 heteroatoms. The second-order valence-corrected chi connectivity index (χ2v) is 5.54. The Labute approximate surface area is 102 Å². The zero-order valence-electron chi connectivity index (χ0n) is 8.90. The Bertz CT molecular complexity index is 652. The molecule has 2 atom stereocenters. The molecule has 16 heavy (non-hydrogen) atoms. The van der Waals surface area contributed by atoms with E-state index in [4.69, 9.17) is 12.2 Å². The van der Waals surface area contributed by atoms with Crippen molar-refractivity contribution in [2.24, 2.45) is 5.92 Å². The summed E-state index contributed by atoms with van der Waals surface area (Å²) in [6, 6.07) is 2.19. The normalized spacial score (nSPS) is 23.8. The molecule has 2 aromatic rings. The van der Waals surface area contributed by atoms with Crippen LogP contribution in [0.25, 0.3) is 10.2 Å². The van der Waals surface area contributed by atoms with Gasteiger partial charge in [0.1, 0.15) is 4.83 Å². The number of aromatic amines is 1. The van der Waals surface area contributed by atoms with Gasteiger partial charge in [-0.25, -0.2) is 0 Å². The molecule has 1 saturated carbocycles. The third-order valence-corrected chi connectivity index (χ3v) is 4.42. The third-order valence-electron chi connectivity index (χ3n) is 3.29. The van der Waals surface area contributed by atoms with E-state index in [1.54, 1.807) is 4.57 Å². The van der Waals surface area contributed by atoms with E-state index in [0.717, 1.165) is 23.1 Å². The summed E-state index contributed by atoms with van der Waals surface area (Å²) in [5.74, 6) is 0.629. The maximum atomic E-state index is 12.2. The summed E-state index contributed by atoms with van der Waals surface area (Å²) in [6.07, 6.45) is 2.21. The quantitative estimate of drug-likeness (QED) is 0.834. The molecule has 0 radical (unpaired) electrons. The van der Waals surface area contributed by atoms with Crippen LogP contribution in [-0.4, -0.2) is 9.55 Å². The number of rotatable bonds is 2. The molecule has 2 heterocycles. The number of fused-ring (bicyclic) bond motifs is 1.